The summed E-state index contributed by atoms with van der Waals surface area (Å²) in [6.45, 7) is 4.06. The number of para-hydroxylation sites is 1. The van der Waals surface area contributed by atoms with Crippen molar-refractivity contribution in [3.8, 4) is 5.88 Å². The third kappa shape index (κ3) is 1.78. The summed E-state index contributed by atoms with van der Waals surface area (Å²) in [7, 11) is 1.97. The Morgan fingerprint density at radius 1 is 1.47 bits per heavy atom. The lowest BCUT2D eigenvalue weighted by Crippen LogP contribution is -2.19. The zero-order valence-electron chi connectivity index (χ0n) is 10.2. The first-order valence-corrected chi connectivity index (χ1v) is 6.05. The average molecular weight is 231 g/mol. The van der Waals surface area contributed by atoms with E-state index in [1.54, 1.807) is 0 Å². The molecule has 17 heavy (non-hydrogen) atoms. The van der Waals surface area contributed by atoms with Crippen molar-refractivity contribution >= 4 is 10.9 Å². The van der Waals surface area contributed by atoms with Crippen molar-refractivity contribution in [1.29, 1.82) is 0 Å². The molecule has 0 saturated carbocycles. The van der Waals surface area contributed by atoms with Crippen LogP contribution in [0.15, 0.2) is 18.2 Å². The minimum absolute atomic E-state index is 0.258. The van der Waals surface area contributed by atoms with E-state index < -0.39 is 0 Å². The van der Waals surface area contributed by atoms with Crippen molar-refractivity contribution in [3.63, 3.8) is 0 Å². The zero-order valence-corrected chi connectivity index (χ0v) is 10.2. The Kier molecular flexibility index (Phi) is 2.52. The maximum Gasteiger partial charge on any atom is 0.241 e. The molecule has 1 aliphatic heterocycles. The Labute approximate surface area is 101 Å². The molecule has 90 valence electrons. The first-order valence-electron chi connectivity index (χ1n) is 6.05. The van der Waals surface area contributed by atoms with E-state index in [0.29, 0.717) is 0 Å². The van der Waals surface area contributed by atoms with Crippen LogP contribution in [0.4, 0.5) is 0 Å². The first kappa shape index (κ1) is 10.6. The predicted octanol–water partition coefficient (Wildman–Crippen LogP) is 1.62. The second kappa shape index (κ2) is 4.04. The van der Waals surface area contributed by atoms with Crippen molar-refractivity contribution in [3.05, 3.63) is 23.8 Å². The molecule has 0 spiro atoms. The average Bonchev–Trinajstić information content (AvgIpc) is 2.90. The molecule has 1 fully saturated rings. The van der Waals surface area contributed by atoms with Gasteiger partial charge in [-0.2, -0.15) is 0 Å². The summed E-state index contributed by atoms with van der Waals surface area (Å²) < 4.78 is 7.88. The van der Waals surface area contributed by atoms with Gasteiger partial charge in [0.1, 0.15) is 6.10 Å². The lowest BCUT2D eigenvalue weighted by Gasteiger charge is -2.09. The van der Waals surface area contributed by atoms with E-state index >= 15 is 0 Å². The Balaban J connectivity index is 2.01. The predicted molar refractivity (Wildman–Crippen MR) is 67.4 cm³/mol. The third-order valence-electron chi connectivity index (χ3n) is 3.33. The van der Waals surface area contributed by atoms with Gasteiger partial charge in [-0.15, -0.1) is 5.10 Å². The van der Waals surface area contributed by atoms with Gasteiger partial charge < -0.3 is 10.1 Å². The number of hydrogen-bond acceptors (Lipinski definition) is 3. The first-order chi connectivity index (χ1) is 8.25. The number of aromatic nitrogens is 2. The smallest absolute Gasteiger partial charge is 0.241 e. The molecule has 0 radical (unpaired) electrons. The van der Waals surface area contributed by atoms with Crippen molar-refractivity contribution < 1.29 is 4.74 Å². The van der Waals surface area contributed by atoms with Gasteiger partial charge in [0, 0.05) is 13.6 Å². The maximum atomic E-state index is 5.97. The van der Waals surface area contributed by atoms with Crippen molar-refractivity contribution in [1.82, 2.24) is 15.1 Å². The van der Waals surface area contributed by atoms with Gasteiger partial charge in [-0.1, -0.05) is 12.1 Å². The highest BCUT2D eigenvalue weighted by molar-refractivity contribution is 5.87. The molecule has 1 aromatic carbocycles. The van der Waals surface area contributed by atoms with Gasteiger partial charge in [0.05, 0.1) is 10.9 Å². The summed E-state index contributed by atoms with van der Waals surface area (Å²) in [6.07, 6.45) is 1.32. The highest BCUT2D eigenvalue weighted by Gasteiger charge is 2.19. The van der Waals surface area contributed by atoms with Crippen molar-refractivity contribution in [2.24, 2.45) is 7.05 Å². The Hall–Kier alpha value is -1.55. The Morgan fingerprint density at radius 3 is 3.12 bits per heavy atom. The number of nitrogens with one attached hydrogen (secondary N) is 1. The molecule has 1 N–H and O–H groups in total. The van der Waals surface area contributed by atoms with Gasteiger partial charge in [-0.3, -0.25) is 4.68 Å². The molecule has 1 aromatic heterocycles. The van der Waals surface area contributed by atoms with E-state index in [1.165, 1.54) is 5.56 Å². The standard InChI is InChI=1S/C13H17N3O/c1-9-4-3-5-11-12(9)16(2)15-13(11)17-10-6-7-14-8-10/h3-5,10,14H,6-8H2,1-2H3. The Morgan fingerprint density at radius 2 is 2.35 bits per heavy atom. The number of rotatable bonds is 2. The minimum atomic E-state index is 0.258. The molecule has 2 aromatic rings. The second-order valence-electron chi connectivity index (χ2n) is 4.63. The fraction of sp³-hybridized carbons (Fsp3) is 0.462. The second-order valence-corrected chi connectivity index (χ2v) is 4.63. The summed E-state index contributed by atoms with van der Waals surface area (Å²) in [5.74, 6) is 0.764. The SMILES string of the molecule is Cc1cccc2c(OC3CCNC3)nn(C)c12. The highest BCUT2D eigenvalue weighted by atomic mass is 16.5. The quantitative estimate of drug-likeness (QED) is 0.853. The van der Waals surface area contributed by atoms with Crippen LogP contribution in [0.2, 0.25) is 0 Å². The number of aryl methyl sites for hydroxylation is 2. The summed E-state index contributed by atoms with van der Waals surface area (Å²) in [5.41, 5.74) is 2.39. The third-order valence-corrected chi connectivity index (χ3v) is 3.33. The lowest BCUT2D eigenvalue weighted by molar-refractivity contribution is 0.215. The molecule has 1 saturated heterocycles. The van der Waals surface area contributed by atoms with Crippen LogP contribution in [0.25, 0.3) is 10.9 Å². The summed E-state index contributed by atoms with van der Waals surface area (Å²) >= 11 is 0. The highest BCUT2D eigenvalue weighted by Crippen LogP contribution is 2.27. The number of hydrogen-bond donors (Lipinski definition) is 1. The fourth-order valence-electron chi connectivity index (χ4n) is 2.47. The van der Waals surface area contributed by atoms with E-state index in [9.17, 15) is 0 Å². The molecule has 1 atom stereocenters. The molecular formula is C13H17N3O. The van der Waals surface area contributed by atoms with Crippen LogP contribution >= 0.6 is 0 Å². The topological polar surface area (TPSA) is 39.1 Å². The van der Waals surface area contributed by atoms with Gasteiger partial charge >= 0.3 is 0 Å². The lowest BCUT2D eigenvalue weighted by atomic mass is 10.1. The van der Waals surface area contributed by atoms with Crippen LogP contribution in [0.1, 0.15) is 12.0 Å². The fourth-order valence-corrected chi connectivity index (χ4v) is 2.47. The zero-order chi connectivity index (χ0) is 11.8. The Bertz CT molecular complexity index is 541. The van der Waals surface area contributed by atoms with Crippen LogP contribution < -0.4 is 10.1 Å². The van der Waals surface area contributed by atoms with Crippen molar-refractivity contribution in [2.75, 3.05) is 13.1 Å². The van der Waals surface area contributed by atoms with Crippen LogP contribution in [-0.4, -0.2) is 29.0 Å². The number of nitrogens with zero attached hydrogens (tertiary/aromatic N) is 2. The molecule has 0 amide bonds. The van der Waals surface area contributed by atoms with Gasteiger partial charge in [-0.25, -0.2) is 0 Å². The van der Waals surface area contributed by atoms with Gasteiger partial charge in [-0.05, 0) is 31.5 Å². The molecular weight excluding hydrogens is 214 g/mol. The number of fused-ring (bicyclic) bond motifs is 1. The number of ether oxygens (including phenoxy) is 1. The van der Waals surface area contributed by atoms with E-state index in [1.807, 2.05) is 11.7 Å². The normalized spacial score (nSPS) is 20.0. The van der Waals surface area contributed by atoms with Gasteiger partial charge in [0.15, 0.2) is 0 Å². The van der Waals surface area contributed by atoms with Crippen LogP contribution in [-0.2, 0) is 7.05 Å². The van der Waals surface area contributed by atoms with E-state index in [-0.39, 0.29) is 6.10 Å². The van der Waals surface area contributed by atoms with Crippen LogP contribution in [0.5, 0.6) is 5.88 Å². The van der Waals surface area contributed by atoms with Crippen LogP contribution in [0, 0.1) is 6.92 Å². The summed E-state index contributed by atoms with van der Waals surface area (Å²) in [5, 5.41) is 8.89. The molecule has 4 nitrogen and oxygen atoms in total. The minimum Gasteiger partial charge on any atom is -0.471 e. The number of benzene rings is 1. The van der Waals surface area contributed by atoms with Crippen molar-refractivity contribution in [2.45, 2.75) is 19.4 Å². The summed E-state index contributed by atoms with van der Waals surface area (Å²) in [4.78, 5) is 0. The molecule has 1 aliphatic rings. The van der Waals surface area contributed by atoms with Gasteiger partial charge in [0.25, 0.3) is 0 Å². The molecule has 3 rings (SSSR count). The molecule has 0 aliphatic carbocycles. The van der Waals surface area contributed by atoms with Crippen LogP contribution in [0.3, 0.4) is 0 Å². The monoisotopic (exact) mass is 231 g/mol. The molecule has 0 bridgehead atoms. The van der Waals surface area contributed by atoms with Gasteiger partial charge in [0.2, 0.25) is 5.88 Å². The van der Waals surface area contributed by atoms with E-state index in [0.717, 1.165) is 36.3 Å². The van der Waals surface area contributed by atoms with E-state index in [2.05, 4.69) is 35.5 Å². The molecule has 2 heterocycles. The summed E-state index contributed by atoms with van der Waals surface area (Å²) in [6, 6.07) is 6.23. The maximum absolute atomic E-state index is 5.97. The molecule has 1 unspecified atom stereocenters. The molecule has 4 heteroatoms. The largest absolute Gasteiger partial charge is 0.471 e. The van der Waals surface area contributed by atoms with E-state index in [4.69, 9.17) is 4.74 Å².